The number of rotatable bonds is 2. The normalized spacial score (nSPS) is 28.0. The Morgan fingerprint density at radius 3 is 2.68 bits per heavy atom. The van der Waals surface area contributed by atoms with Crippen LogP contribution in [0, 0.1) is 0 Å². The van der Waals surface area contributed by atoms with Gasteiger partial charge in [0.1, 0.15) is 5.69 Å². The fourth-order valence-electron chi connectivity index (χ4n) is 4.08. The lowest BCUT2D eigenvalue weighted by molar-refractivity contribution is 0.0879. The van der Waals surface area contributed by atoms with Crippen LogP contribution in [0.2, 0.25) is 0 Å². The molecule has 2 saturated heterocycles. The summed E-state index contributed by atoms with van der Waals surface area (Å²) < 4.78 is 0. The van der Waals surface area contributed by atoms with Gasteiger partial charge in [-0.2, -0.15) is 0 Å². The fourth-order valence-corrected chi connectivity index (χ4v) is 4.08. The number of carbonyl (C=O) groups is 1. The zero-order valence-electron chi connectivity index (χ0n) is 12.8. The van der Waals surface area contributed by atoms with E-state index in [9.17, 15) is 4.79 Å². The Hall–Kier alpha value is -1.94. The minimum atomic E-state index is -0.0363. The number of pyridine rings is 1. The molecular formula is C18H21N3O. The van der Waals surface area contributed by atoms with E-state index in [0.29, 0.717) is 17.8 Å². The Kier molecular flexibility index (Phi) is 3.34. The lowest BCUT2D eigenvalue weighted by Crippen LogP contribution is -2.48. The fraction of sp³-hybridized carbons (Fsp3) is 0.444. The Balaban J connectivity index is 1.55. The number of aromatic nitrogens is 1. The third kappa shape index (κ3) is 2.28. The molecule has 1 aromatic heterocycles. The molecule has 0 spiro atoms. The van der Waals surface area contributed by atoms with E-state index in [2.05, 4.69) is 22.2 Å². The van der Waals surface area contributed by atoms with Gasteiger partial charge in [0, 0.05) is 29.7 Å². The van der Waals surface area contributed by atoms with E-state index < -0.39 is 0 Å². The molecule has 1 amide bonds. The highest BCUT2D eigenvalue weighted by Crippen LogP contribution is 2.34. The predicted molar refractivity (Wildman–Crippen MR) is 86.8 cm³/mol. The Bertz CT molecular complexity index is 695. The highest BCUT2D eigenvalue weighted by molar-refractivity contribution is 6.05. The molecule has 1 aromatic carbocycles. The first kappa shape index (κ1) is 13.7. The molecule has 2 aromatic rings. The summed E-state index contributed by atoms with van der Waals surface area (Å²) >= 11 is 0. The SMILES string of the molecule is CN1C2CCC1CC(NC(=O)c1nccc3ccccc13)C2. The second-order valence-corrected chi connectivity index (χ2v) is 6.57. The van der Waals surface area contributed by atoms with Crippen molar-refractivity contribution in [1.82, 2.24) is 15.2 Å². The minimum absolute atomic E-state index is 0.0363. The molecule has 0 saturated carbocycles. The van der Waals surface area contributed by atoms with Crippen LogP contribution in [-0.2, 0) is 0 Å². The first-order valence-electron chi connectivity index (χ1n) is 8.09. The van der Waals surface area contributed by atoms with Crippen LogP contribution in [0.4, 0.5) is 0 Å². The third-order valence-corrected chi connectivity index (χ3v) is 5.32. The van der Waals surface area contributed by atoms with Gasteiger partial charge in [-0.3, -0.25) is 9.78 Å². The zero-order valence-corrected chi connectivity index (χ0v) is 12.8. The summed E-state index contributed by atoms with van der Waals surface area (Å²) in [5, 5.41) is 5.21. The Morgan fingerprint density at radius 1 is 1.18 bits per heavy atom. The molecule has 3 heterocycles. The highest BCUT2D eigenvalue weighted by Gasteiger charge is 2.38. The molecule has 2 aliphatic heterocycles. The first-order valence-corrected chi connectivity index (χ1v) is 8.09. The van der Waals surface area contributed by atoms with Gasteiger partial charge < -0.3 is 10.2 Å². The molecule has 1 N–H and O–H groups in total. The van der Waals surface area contributed by atoms with Gasteiger partial charge in [-0.25, -0.2) is 0 Å². The van der Waals surface area contributed by atoms with Crippen LogP contribution in [-0.4, -0.2) is 41.0 Å². The summed E-state index contributed by atoms with van der Waals surface area (Å²) in [6, 6.07) is 11.4. The van der Waals surface area contributed by atoms with Gasteiger partial charge in [0.05, 0.1) is 0 Å². The maximum Gasteiger partial charge on any atom is 0.270 e. The summed E-state index contributed by atoms with van der Waals surface area (Å²) in [5.74, 6) is -0.0363. The van der Waals surface area contributed by atoms with Crippen LogP contribution in [0.1, 0.15) is 36.2 Å². The monoisotopic (exact) mass is 295 g/mol. The lowest BCUT2D eigenvalue weighted by Gasteiger charge is -2.36. The molecule has 2 atom stereocenters. The van der Waals surface area contributed by atoms with Gasteiger partial charge in [-0.05, 0) is 44.2 Å². The third-order valence-electron chi connectivity index (χ3n) is 5.32. The first-order chi connectivity index (χ1) is 10.7. The van der Waals surface area contributed by atoms with Gasteiger partial charge in [0.25, 0.3) is 5.91 Å². The highest BCUT2D eigenvalue weighted by atomic mass is 16.1. The number of hydrogen-bond donors (Lipinski definition) is 1. The summed E-state index contributed by atoms with van der Waals surface area (Å²) in [5.41, 5.74) is 0.546. The van der Waals surface area contributed by atoms with Crippen LogP contribution in [0.5, 0.6) is 0 Å². The van der Waals surface area contributed by atoms with Gasteiger partial charge in [0.2, 0.25) is 0 Å². The number of amides is 1. The second kappa shape index (κ2) is 5.36. The maximum absolute atomic E-state index is 12.7. The van der Waals surface area contributed by atoms with Crippen molar-refractivity contribution in [3.63, 3.8) is 0 Å². The maximum atomic E-state index is 12.7. The largest absolute Gasteiger partial charge is 0.348 e. The van der Waals surface area contributed by atoms with E-state index in [1.165, 1.54) is 12.8 Å². The Morgan fingerprint density at radius 2 is 1.91 bits per heavy atom. The molecule has 114 valence electrons. The molecule has 4 nitrogen and oxygen atoms in total. The van der Waals surface area contributed by atoms with E-state index in [0.717, 1.165) is 23.6 Å². The Labute approximate surface area is 130 Å². The number of hydrogen-bond acceptors (Lipinski definition) is 3. The van der Waals surface area contributed by atoms with Crippen LogP contribution in [0.25, 0.3) is 10.8 Å². The summed E-state index contributed by atoms with van der Waals surface area (Å²) in [6.45, 7) is 0. The van der Waals surface area contributed by atoms with Crippen molar-refractivity contribution in [2.45, 2.75) is 43.8 Å². The van der Waals surface area contributed by atoms with Crippen molar-refractivity contribution in [2.24, 2.45) is 0 Å². The van der Waals surface area contributed by atoms with Crippen molar-refractivity contribution in [3.8, 4) is 0 Å². The molecule has 2 fully saturated rings. The van der Waals surface area contributed by atoms with Crippen molar-refractivity contribution < 1.29 is 4.79 Å². The smallest absolute Gasteiger partial charge is 0.270 e. The second-order valence-electron chi connectivity index (χ2n) is 6.57. The van der Waals surface area contributed by atoms with Crippen molar-refractivity contribution in [3.05, 3.63) is 42.2 Å². The van der Waals surface area contributed by atoms with Gasteiger partial charge in [0.15, 0.2) is 0 Å². The number of carbonyl (C=O) groups excluding carboxylic acids is 1. The van der Waals surface area contributed by atoms with E-state index in [1.807, 2.05) is 30.3 Å². The average Bonchev–Trinajstić information content (AvgIpc) is 2.75. The van der Waals surface area contributed by atoms with Crippen molar-refractivity contribution in [1.29, 1.82) is 0 Å². The van der Waals surface area contributed by atoms with Crippen LogP contribution >= 0.6 is 0 Å². The molecule has 2 aliphatic rings. The zero-order chi connectivity index (χ0) is 15.1. The van der Waals surface area contributed by atoms with Crippen molar-refractivity contribution >= 4 is 16.7 Å². The number of fused-ring (bicyclic) bond motifs is 3. The predicted octanol–water partition coefficient (Wildman–Crippen LogP) is 2.59. The molecular weight excluding hydrogens is 274 g/mol. The molecule has 4 heteroatoms. The topological polar surface area (TPSA) is 45.2 Å². The molecule has 2 unspecified atom stereocenters. The summed E-state index contributed by atoms with van der Waals surface area (Å²) in [7, 11) is 2.21. The molecule has 0 aliphatic carbocycles. The molecule has 2 bridgehead atoms. The van der Waals surface area contributed by atoms with E-state index in [-0.39, 0.29) is 11.9 Å². The van der Waals surface area contributed by atoms with Crippen molar-refractivity contribution in [2.75, 3.05) is 7.05 Å². The number of nitrogens with one attached hydrogen (secondary N) is 1. The van der Waals surface area contributed by atoms with Crippen LogP contribution in [0.15, 0.2) is 36.5 Å². The lowest BCUT2D eigenvalue weighted by atomic mass is 9.97. The molecule has 0 radical (unpaired) electrons. The van der Waals surface area contributed by atoms with Crippen LogP contribution in [0.3, 0.4) is 0 Å². The van der Waals surface area contributed by atoms with E-state index in [4.69, 9.17) is 0 Å². The summed E-state index contributed by atoms with van der Waals surface area (Å²) in [4.78, 5) is 19.5. The van der Waals surface area contributed by atoms with E-state index in [1.54, 1.807) is 6.20 Å². The summed E-state index contributed by atoms with van der Waals surface area (Å²) in [6.07, 6.45) is 6.36. The van der Waals surface area contributed by atoms with Crippen LogP contribution < -0.4 is 5.32 Å². The molecule has 4 rings (SSSR count). The standard InChI is InChI=1S/C18H21N3O/c1-21-14-6-7-15(21)11-13(10-14)20-18(22)17-16-5-3-2-4-12(16)8-9-19-17/h2-5,8-9,13-15H,6-7,10-11H2,1H3,(H,20,22). The number of piperidine rings is 1. The van der Waals surface area contributed by atoms with Gasteiger partial charge in [-0.15, -0.1) is 0 Å². The number of nitrogens with zero attached hydrogens (tertiary/aromatic N) is 2. The minimum Gasteiger partial charge on any atom is -0.348 e. The van der Waals surface area contributed by atoms with E-state index >= 15 is 0 Å². The molecule has 22 heavy (non-hydrogen) atoms. The average molecular weight is 295 g/mol. The van der Waals surface area contributed by atoms with Gasteiger partial charge >= 0.3 is 0 Å². The van der Waals surface area contributed by atoms with Gasteiger partial charge in [-0.1, -0.05) is 24.3 Å². The quantitative estimate of drug-likeness (QED) is 0.926. The number of benzene rings is 1.